The molecule has 174 valence electrons. The molecule has 1 unspecified atom stereocenters. The van der Waals surface area contributed by atoms with Gasteiger partial charge in [-0.3, -0.25) is 4.79 Å². The van der Waals surface area contributed by atoms with Crippen LogP contribution >= 0.6 is 0 Å². The van der Waals surface area contributed by atoms with Crippen molar-refractivity contribution < 1.29 is 27.2 Å². The van der Waals surface area contributed by atoms with Crippen molar-refractivity contribution >= 4 is 5.91 Å². The van der Waals surface area contributed by atoms with Crippen LogP contribution in [0.1, 0.15) is 35.1 Å². The molecule has 1 saturated heterocycles. The van der Waals surface area contributed by atoms with E-state index in [1.807, 2.05) is 0 Å². The molecule has 3 heterocycles. The Hall–Kier alpha value is -4.22. The van der Waals surface area contributed by atoms with Gasteiger partial charge in [-0.1, -0.05) is 29.4 Å². The molecule has 1 amide bonds. The zero-order valence-electron chi connectivity index (χ0n) is 17.5. The summed E-state index contributed by atoms with van der Waals surface area (Å²) in [7, 11) is 0. The van der Waals surface area contributed by atoms with Crippen molar-refractivity contribution in [2.45, 2.75) is 25.2 Å². The number of rotatable bonds is 5. The number of nitrogens with zero attached hydrogens (tertiary/aromatic N) is 6. The van der Waals surface area contributed by atoms with E-state index in [-0.39, 0.29) is 23.2 Å². The molecule has 12 heteroatoms. The predicted octanol–water partition coefficient (Wildman–Crippen LogP) is 4.19. The number of hydrogen-bond acceptors (Lipinski definition) is 7. The highest BCUT2D eigenvalue weighted by Gasteiger charge is 2.36. The fourth-order valence-corrected chi connectivity index (χ4v) is 3.94. The number of ether oxygens (including phenoxy) is 1. The van der Waals surface area contributed by atoms with Crippen LogP contribution in [-0.4, -0.2) is 48.8 Å². The first-order valence-electron chi connectivity index (χ1n) is 10.4. The van der Waals surface area contributed by atoms with E-state index in [9.17, 15) is 18.0 Å². The first-order chi connectivity index (χ1) is 16.4. The highest BCUT2D eigenvalue weighted by Crippen LogP contribution is 2.36. The SMILES string of the molecule is O=C(c1ccccc1-n1nccn1)N1CCCC1c1nc(-c2ccccc2OC(F)(F)F)no1. The summed E-state index contributed by atoms with van der Waals surface area (Å²) in [4.78, 5) is 20.7. The van der Waals surface area contributed by atoms with E-state index < -0.39 is 18.2 Å². The molecule has 4 aromatic rings. The number of carbonyl (C=O) groups excluding carboxylic acids is 1. The minimum absolute atomic E-state index is 0.0285. The van der Waals surface area contributed by atoms with Gasteiger partial charge in [0.25, 0.3) is 5.91 Å². The first-order valence-corrected chi connectivity index (χ1v) is 10.4. The van der Waals surface area contributed by atoms with Crippen molar-refractivity contribution in [3.05, 3.63) is 72.4 Å². The van der Waals surface area contributed by atoms with Gasteiger partial charge in [0.05, 0.1) is 29.2 Å². The maximum Gasteiger partial charge on any atom is 0.573 e. The first kappa shape index (κ1) is 21.6. The number of amides is 1. The van der Waals surface area contributed by atoms with Crippen LogP contribution in [0.2, 0.25) is 0 Å². The Balaban J connectivity index is 1.44. The minimum atomic E-state index is -4.87. The van der Waals surface area contributed by atoms with Gasteiger partial charge < -0.3 is 14.2 Å². The number of para-hydroxylation sites is 2. The van der Waals surface area contributed by atoms with Gasteiger partial charge in [-0.05, 0) is 37.1 Å². The Labute approximate surface area is 190 Å². The molecule has 2 aromatic carbocycles. The largest absolute Gasteiger partial charge is 0.573 e. The highest BCUT2D eigenvalue weighted by atomic mass is 19.4. The van der Waals surface area contributed by atoms with E-state index in [0.717, 1.165) is 0 Å². The lowest BCUT2D eigenvalue weighted by atomic mass is 10.1. The number of halogens is 3. The number of alkyl halides is 3. The van der Waals surface area contributed by atoms with Crippen molar-refractivity contribution in [1.29, 1.82) is 0 Å². The maximum atomic E-state index is 13.5. The lowest BCUT2D eigenvalue weighted by Crippen LogP contribution is -2.31. The predicted molar refractivity (Wildman–Crippen MR) is 111 cm³/mol. The Morgan fingerprint density at radius 2 is 1.79 bits per heavy atom. The molecule has 5 rings (SSSR count). The number of benzene rings is 2. The Kier molecular flexibility index (Phi) is 5.48. The molecule has 1 atom stereocenters. The second kappa shape index (κ2) is 8.61. The van der Waals surface area contributed by atoms with Gasteiger partial charge >= 0.3 is 6.36 Å². The summed E-state index contributed by atoms with van der Waals surface area (Å²) in [6.07, 6.45) is -0.574. The van der Waals surface area contributed by atoms with Crippen LogP contribution in [0.3, 0.4) is 0 Å². The van der Waals surface area contributed by atoms with Crippen LogP contribution in [0, 0.1) is 0 Å². The van der Waals surface area contributed by atoms with Gasteiger partial charge in [0.1, 0.15) is 11.8 Å². The maximum absolute atomic E-state index is 13.5. The number of aromatic nitrogens is 5. The van der Waals surface area contributed by atoms with Crippen LogP contribution in [-0.2, 0) is 0 Å². The van der Waals surface area contributed by atoms with Gasteiger partial charge in [-0.25, -0.2) is 0 Å². The molecule has 1 fully saturated rings. The van der Waals surface area contributed by atoms with E-state index in [4.69, 9.17) is 4.52 Å². The molecular formula is C22H17F3N6O3. The standard InChI is InChI=1S/C22H17F3N6O3/c23-22(24,25)33-18-10-4-2-7-15(18)19-28-20(34-29-19)17-9-5-13-30(17)21(32)14-6-1-3-8-16(14)31-26-11-12-27-31/h1-4,6-8,10-12,17H,5,9,13H2. The average molecular weight is 470 g/mol. The highest BCUT2D eigenvalue weighted by molar-refractivity contribution is 5.98. The third kappa shape index (κ3) is 4.21. The Bertz CT molecular complexity index is 1310. The van der Waals surface area contributed by atoms with Crippen LogP contribution in [0.15, 0.2) is 65.4 Å². The molecule has 9 nitrogen and oxygen atoms in total. The molecule has 0 radical (unpaired) electrons. The lowest BCUT2D eigenvalue weighted by Gasteiger charge is -2.22. The third-order valence-electron chi connectivity index (χ3n) is 5.36. The topological polar surface area (TPSA) is 99.2 Å². The van der Waals surface area contributed by atoms with Crippen molar-refractivity contribution in [1.82, 2.24) is 30.0 Å². The van der Waals surface area contributed by atoms with Crippen molar-refractivity contribution in [2.24, 2.45) is 0 Å². The molecule has 2 aromatic heterocycles. The number of hydrogen-bond donors (Lipinski definition) is 0. The number of likely N-dealkylation sites (tertiary alicyclic amines) is 1. The Morgan fingerprint density at radius 3 is 2.59 bits per heavy atom. The minimum Gasteiger partial charge on any atom is -0.405 e. The zero-order valence-corrected chi connectivity index (χ0v) is 17.5. The summed E-state index contributed by atoms with van der Waals surface area (Å²) in [5.41, 5.74) is 0.947. The summed E-state index contributed by atoms with van der Waals surface area (Å²) in [6, 6.07) is 11.9. The van der Waals surface area contributed by atoms with Gasteiger partial charge in [0.15, 0.2) is 0 Å². The molecule has 0 N–H and O–H groups in total. The van der Waals surface area contributed by atoms with Crippen LogP contribution in [0.4, 0.5) is 13.2 Å². The second-order valence-electron chi connectivity index (χ2n) is 7.49. The Morgan fingerprint density at radius 1 is 1.06 bits per heavy atom. The summed E-state index contributed by atoms with van der Waals surface area (Å²) in [5.74, 6) is -0.633. The van der Waals surface area contributed by atoms with Crippen LogP contribution in [0.5, 0.6) is 5.75 Å². The van der Waals surface area contributed by atoms with Crippen LogP contribution in [0.25, 0.3) is 17.1 Å². The van der Waals surface area contributed by atoms with Gasteiger partial charge in [0, 0.05) is 6.54 Å². The molecule has 34 heavy (non-hydrogen) atoms. The third-order valence-corrected chi connectivity index (χ3v) is 5.36. The monoisotopic (exact) mass is 470 g/mol. The van der Waals surface area contributed by atoms with Gasteiger partial charge in [0.2, 0.25) is 11.7 Å². The van der Waals surface area contributed by atoms with Gasteiger partial charge in [-0.15, -0.1) is 13.2 Å². The summed E-state index contributed by atoms with van der Waals surface area (Å²) in [5, 5.41) is 12.1. The molecule has 0 saturated carbocycles. The van der Waals surface area contributed by atoms with Gasteiger partial charge in [-0.2, -0.15) is 20.0 Å². The summed E-state index contributed by atoms with van der Waals surface area (Å²) >= 11 is 0. The van der Waals surface area contributed by atoms with E-state index in [2.05, 4.69) is 25.1 Å². The molecule has 1 aliphatic rings. The van der Waals surface area contributed by atoms with E-state index >= 15 is 0 Å². The normalized spacial score (nSPS) is 16.1. The van der Waals surface area contributed by atoms with E-state index in [1.165, 1.54) is 35.4 Å². The van der Waals surface area contributed by atoms with Crippen molar-refractivity contribution in [3.63, 3.8) is 0 Å². The average Bonchev–Trinajstić information content (AvgIpc) is 3.59. The molecular weight excluding hydrogens is 453 g/mol. The fourth-order valence-electron chi connectivity index (χ4n) is 3.94. The zero-order chi connectivity index (χ0) is 23.7. The van der Waals surface area contributed by atoms with E-state index in [0.29, 0.717) is 30.6 Å². The smallest absolute Gasteiger partial charge is 0.405 e. The summed E-state index contributed by atoms with van der Waals surface area (Å²) < 4.78 is 47.8. The fraction of sp³-hybridized carbons (Fsp3) is 0.227. The van der Waals surface area contributed by atoms with Crippen molar-refractivity contribution in [3.8, 4) is 22.8 Å². The molecule has 0 aliphatic carbocycles. The molecule has 0 spiro atoms. The number of carbonyl (C=O) groups is 1. The van der Waals surface area contributed by atoms with Crippen LogP contribution < -0.4 is 4.74 Å². The van der Waals surface area contributed by atoms with Crippen molar-refractivity contribution in [2.75, 3.05) is 6.54 Å². The molecule has 0 bridgehead atoms. The lowest BCUT2D eigenvalue weighted by molar-refractivity contribution is -0.274. The summed E-state index contributed by atoms with van der Waals surface area (Å²) in [6.45, 7) is 0.454. The molecule has 1 aliphatic heterocycles. The quantitative estimate of drug-likeness (QED) is 0.431. The second-order valence-corrected chi connectivity index (χ2v) is 7.49. The van der Waals surface area contributed by atoms with E-state index in [1.54, 1.807) is 35.2 Å².